The van der Waals surface area contributed by atoms with Crippen molar-refractivity contribution in [2.45, 2.75) is 63.7 Å². The number of para-hydroxylation sites is 3. The van der Waals surface area contributed by atoms with Gasteiger partial charge in [-0.3, -0.25) is 0 Å². The number of terminal acetylenes is 1. The molecule has 3 aliphatic rings. The largest absolute Gasteiger partial charge is 0.312 e. The van der Waals surface area contributed by atoms with E-state index in [4.69, 9.17) is 6.42 Å². The van der Waals surface area contributed by atoms with Gasteiger partial charge in [0.25, 0.3) is 0 Å². The Balaban J connectivity index is 0.966. The van der Waals surface area contributed by atoms with Gasteiger partial charge in [-0.15, -0.1) is 12.3 Å². The predicted molar refractivity (Wildman–Crippen MR) is 291 cm³/mol. The van der Waals surface area contributed by atoms with Gasteiger partial charge in [-0.05, 0) is 162 Å². The number of hydrogen-bond acceptors (Lipinski definition) is 1. The fourth-order valence-corrected chi connectivity index (χ4v) is 12.7. The molecule has 4 atom stereocenters. The Hall–Kier alpha value is -7.60. The summed E-state index contributed by atoms with van der Waals surface area (Å²) in [4.78, 5) is 2.55. The van der Waals surface area contributed by atoms with E-state index in [1.165, 1.54) is 103 Å². The van der Waals surface area contributed by atoms with Crippen LogP contribution in [-0.4, -0.2) is 4.57 Å². The minimum atomic E-state index is -0.0129. The van der Waals surface area contributed by atoms with Crippen LogP contribution in [0.2, 0.25) is 0 Å². The van der Waals surface area contributed by atoms with Crippen LogP contribution < -0.4 is 4.90 Å². The van der Waals surface area contributed by atoms with Crippen LogP contribution in [-0.2, 0) is 11.8 Å². The number of anilines is 3. The summed E-state index contributed by atoms with van der Waals surface area (Å²) in [5.41, 5.74) is 19.8. The van der Waals surface area contributed by atoms with E-state index in [9.17, 15) is 0 Å². The number of aromatic nitrogens is 1. The van der Waals surface area contributed by atoms with E-state index in [0.29, 0.717) is 11.8 Å². The summed E-state index contributed by atoms with van der Waals surface area (Å²) < 4.78 is 2.51. The highest BCUT2D eigenvalue weighted by Crippen LogP contribution is 2.55. The molecule has 336 valence electrons. The lowest BCUT2D eigenvalue weighted by atomic mass is 9.66. The van der Waals surface area contributed by atoms with Crippen molar-refractivity contribution in [3.63, 3.8) is 0 Å². The molecule has 2 saturated carbocycles. The van der Waals surface area contributed by atoms with Crippen LogP contribution in [0, 0.1) is 30.1 Å². The van der Waals surface area contributed by atoms with Crippen LogP contribution in [0.4, 0.5) is 17.1 Å². The molecular weight excluding hydrogens is 833 g/mol. The van der Waals surface area contributed by atoms with Crippen LogP contribution >= 0.6 is 0 Å². The molecule has 69 heavy (non-hydrogen) atoms. The third kappa shape index (κ3) is 8.01. The summed E-state index contributed by atoms with van der Waals surface area (Å²) >= 11 is 0. The Morgan fingerprint density at radius 3 is 1.94 bits per heavy atom. The molecular formula is C67H58N2. The van der Waals surface area contributed by atoms with E-state index in [1.807, 2.05) is 0 Å². The second-order valence-corrected chi connectivity index (χ2v) is 20.2. The van der Waals surface area contributed by atoms with Gasteiger partial charge in [-0.2, -0.15) is 0 Å². The molecule has 12 rings (SSSR count). The molecule has 2 nitrogen and oxygen atoms in total. The highest BCUT2D eigenvalue weighted by Gasteiger charge is 2.44. The quantitative estimate of drug-likeness (QED) is 0.131. The van der Waals surface area contributed by atoms with Crippen molar-refractivity contribution in [2.24, 2.45) is 17.8 Å². The molecule has 8 aromatic carbocycles. The van der Waals surface area contributed by atoms with E-state index in [-0.39, 0.29) is 11.3 Å². The van der Waals surface area contributed by atoms with Gasteiger partial charge in [0.15, 0.2) is 0 Å². The summed E-state index contributed by atoms with van der Waals surface area (Å²) in [5.74, 6) is 4.91. The van der Waals surface area contributed by atoms with Crippen molar-refractivity contribution in [2.75, 3.05) is 4.90 Å². The van der Waals surface area contributed by atoms with Gasteiger partial charge < -0.3 is 9.47 Å². The Kier molecular flexibility index (Phi) is 11.2. The molecule has 1 heterocycles. The number of benzene rings is 8. The molecule has 3 aliphatic carbocycles. The number of nitrogens with zero attached hydrogens (tertiary/aromatic N) is 2. The monoisotopic (exact) mass is 890 g/mol. The molecule has 1 aromatic heterocycles. The SMILES string of the molecule is C#C[C@H]1CC2CCC(c3ccccc3N(c3ccc(-c4ccc(-c5ccccc5-n5c6c(c7ccccc75)C=CCC6)cc4)cc3)c3cc(-c4ccccc4)cc(-c4ccccc4)c3)(C[C@@H](C)C2)C1. The fraction of sp³-hybridized carbons (Fsp3) is 0.194. The number of hydrogen-bond donors (Lipinski definition) is 0. The maximum absolute atomic E-state index is 6.38. The fourth-order valence-electron chi connectivity index (χ4n) is 12.7. The molecule has 0 saturated heterocycles. The number of rotatable bonds is 9. The molecule has 2 fully saturated rings. The van der Waals surface area contributed by atoms with E-state index < -0.39 is 0 Å². The molecule has 9 aromatic rings. The molecule has 0 spiro atoms. The van der Waals surface area contributed by atoms with Gasteiger partial charge in [-0.25, -0.2) is 0 Å². The number of fused-ring (bicyclic) bond motifs is 6. The summed E-state index contributed by atoms with van der Waals surface area (Å²) in [6.07, 6.45) is 20.1. The summed E-state index contributed by atoms with van der Waals surface area (Å²) in [6, 6.07) is 74.4. The second-order valence-electron chi connectivity index (χ2n) is 20.2. The number of allylic oxidation sites excluding steroid dienone is 1. The van der Waals surface area contributed by atoms with E-state index in [2.05, 4.69) is 235 Å². The van der Waals surface area contributed by atoms with Crippen molar-refractivity contribution in [1.82, 2.24) is 4.57 Å². The third-order valence-electron chi connectivity index (χ3n) is 15.8. The molecule has 0 radical (unpaired) electrons. The Bertz CT molecular complexity index is 3310. The molecule has 0 aliphatic heterocycles. The lowest BCUT2D eigenvalue weighted by Gasteiger charge is -2.40. The lowest BCUT2D eigenvalue weighted by molar-refractivity contribution is 0.252. The molecule has 2 unspecified atom stereocenters. The van der Waals surface area contributed by atoms with E-state index in [0.717, 1.165) is 43.5 Å². The minimum Gasteiger partial charge on any atom is -0.312 e. The second kappa shape index (κ2) is 18.1. The average molecular weight is 891 g/mol. The first-order chi connectivity index (χ1) is 34.0. The maximum Gasteiger partial charge on any atom is 0.0537 e. The average Bonchev–Trinajstić information content (AvgIpc) is 3.51. The van der Waals surface area contributed by atoms with Gasteiger partial charge in [0.1, 0.15) is 0 Å². The van der Waals surface area contributed by atoms with Crippen LogP contribution in [0.3, 0.4) is 0 Å². The summed E-state index contributed by atoms with van der Waals surface area (Å²) in [5, 5.41) is 1.32. The van der Waals surface area contributed by atoms with Gasteiger partial charge in [0.2, 0.25) is 0 Å². The highest BCUT2D eigenvalue weighted by molar-refractivity contribution is 5.95. The van der Waals surface area contributed by atoms with Crippen molar-refractivity contribution in [1.29, 1.82) is 0 Å². The van der Waals surface area contributed by atoms with Crippen LogP contribution in [0.5, 0.6) is 0 Å². The standard InChI is InChI=1S/C67H58N2/c1-3-48-41-49-38-39-67(46-48,45-47(2)40-49)62-25-13-17-29-66(62)68(58-43-55(50-18-6-4-7-19-50)42-56(44-58)51-20-8-5-9-21-51)57-36-34-53(35-37-57)52-30-32-54(33-31-52)59-22-10-14-26-63(59)69-64-27-15-11-23-60(64)61-24-12-16-28-65(61)69/h1,4-15,17-27,29-37,42-44,47-49H,16,28,38-41,45-46H2,2H3/t47-,48-,49?,67?/m0/s1. The Morgan fingerprint density at radius 2 is 1.20 bits per heavy atom. The van der Waals surface area contributed by atoms with Crippen LogP contribution in [0.1, 0.15) is 68.7 Å². The van der Waals surface area contributed by atoms with Gasteiger partial charge >= 0.3 is 0 Å². The van der Waals surface area contributed by atoms with Crippen LogP contribution in [0.15, 0.2) is 206 Å². The van der Waals surface area contributed by atoms with E-state index in [1.54, 1.807) is 0 Å². The van der Waals surface area contributed by atoms with Crippen molar-refractivity contribution in [3.05, 3.63) is 223 Å². The molecule has 0 N–H and O–H groups in total. The molecule has 2 bridgehead atoms. The molecule has 2 heteroatoms. The zero-order chi connectivity index (χ0) is 46.3. The zero-order valence-corrected chi connectivity index (χ0v) is 39.6. The summed E-state index contributed by atoms with van der Waals surface area (Å²) in [7, 11) is 0. The summed E-state index contributed by atoms with van der Waals surface area (Å²) in [6.45, 7) is 2.48. The first-order valence-corrected chi connectivity index (χ1v) is 25.2. The van der Waals surface area contributed by atoms with Gasteiger partial charge in [0, 0.05) is 45.2 Å². The van der Waals surface area contributed by atoms with Crippen LogP contribution in [0.25, 0.3) is 67.2 Å². The maximum atomic E-state index is 6.38. The first-order valence-electron chi connectivity index (χ1n) is 25.2. The normalized spacial score (nSPS) is 19.6. The topological polar surface area (TPSA) is 8.17 Å². The van der Waals surface area contributed by atoms with Crippen molar-refractivity contribution < 1.29 is 0 Å². The lowest BCUT2D eigenvalue weighted by Crippen LogP contribution is -2.32. The zero-order valence-electron chi connectivity index (χ0n) is 39.6. The Labute approximate surface area is 408 Å². The van der Waals surface area contributed by atoms with E-state index >= 15 is 0 Å². The minimum absolute atomic E-state index is 0.0129. The molecule has 0 amide bonds. The first kappa shape index (κ1) is 42.7. The van der Waals surface area contributed by atoms with Crippen molar-refractivity contribution >= 4 is 34.0 Å². The highest BCUT2D eigenvalue weighted by atomic mass is 15.1. The van der Waals surface area contributed by atoms with Gasteiger partial charge in [0.05, 0.1) is 11.2 Å². The Morgan fingerprint density at radius 1 is 0.580 bits per heavy atom. The predicted octanol–water partition coefficient (Wildman–Crippen LogP) is 17.8. The third-order valence-corrected chi connectivity index (χ3v) is 15.8. The van der Waals surface area contributed by atoms with Crippen molar-refractivity contribution in [3.8, 4) is 62.5 Å². The smallest absolute Gasteiger partial charge is 0.0537 e. The van der Waals surface area contributed by atoms with Gasteiger partial charge in [-0.1, -0.05) is 171 Å².